The molecule has 1 aliphatic carbocycles. The summed E-state index contributed by atoms with van der Waals surface area (Å²) in [4.78, 5) is 0. The molecule has 1 aliphatic rings. The summed E-state index contributed by atoms with van der Waals surface area (Å²) in [6, 6.07) is 8.09. The molecule has 0 bridgehead atoms. The van der Waals surface area contributed by atoms with E-state index in [0.29, 0.717) is 6.61 Å². The van der Waals surface area contributed by atoms with Crippen LogP contribution >= 0.6 is 0 Å². The van der Waals surface area contributed by atoms with Crippen molar-refractivity contribution < 1.29 is 9.84 Å². The summed E-state index contributed by atoms with van der Waals surface area (Å²) in [5, 5.41) is 10.5. The fraction of sp³-hybridized carbons (Fsp3) is 0.538. The Morgan fingerprint density at radius 2 is 2.13 bits per heavy atom. The van der Waals surface area contributed by atoms with Crippen LogP contribution in [-0.4, -0.2) is 17.8 Å². The van der Waals surface area contributed by atoms with Gasteiger partial charge in [-0.25, -0.2) is 0 Å². The van der Waals surface area contributed by atoms with Gasteiger partial charge in [0.05, 0.1) is 12.7 Å². The van der Waals surface area contributed by atoms with E-state index in [4.69, 9.17) is 4.74 Å². The highest BCUT2D eigenvalue weighted by Crippen LogP contribution is 2.36. The Balaban J connectivity index is 2.17. The number of hydrogen-bond acceptors (Lipinski definition) is 2. The SMILES string of the molecule is CC(C)OCC1(O)CCc2ccccc21. The number of fused-ring (bicyclic) bond motifs is 1. The van der Waals surface area contributed by atoms with Crippen molar-refractivity contribution in [2.24, 2.45) is 0 Å². The maximum atomic E-state index is 10.5. The largest absolute Gasteiger partial charge is 0.383 e. The molecule has 2 heteroatoms. The molecule has 2 nitrogen and oxygen atoms in total. The number of rotatable bonds is 3. The van der Waals surface area contributed by atoms with Crippen LogP contribution < -0.4 is 0 Å². The van der Waals surface area contributed by atoms with Crippen molar-refractivity contribution in [2.75, 3.05) is 6.61 Å². The second-order valence-corrected chi connectivity index (χ2v) is 4.55. The third-order valence-corrected chi connectivity index (χ3v) is 2.98. The van der Waals surface area contributed by atoms with Gasteiger partial charge in [-0.05, 0) is 37.8 Å². The minimum atomic E-state index is -0.763. The van der Waals surface area contributed by atoms with Crippen molar-refractivity contribution in [2.45, 2.75) is 38.4 Å². The normalized spacial score (nSPS) is 24.5. The molecule has 0 saturated carbocycles. The van der Waals surface area contributed by atoms with E-state index in [1.807, 2.05) is 32.0 Å². The fourth-order valence-corrected chi connectivity index (χ4v) is 2.12. The Morgan fingerprint density at radius 1 is 1.40 bits per heavy atom. The Labute approximate surface area is 90.9 Å². The third-order valence-electron chi connectivity index (χ3n) is 2.98. The zero-order valence-electron chi connectivity index (χ0n) is 9.36. The zero-order valence-corrected chi connectivity index (χ0v) is 9.36. The van der Waals surface area contributed by atoms with Crippen LogP contribution in [0, 0.1) is 0 Å². The minimum Gasteiger partial charge on any atom is -0.383 e. The molecular weight excluding hydrogens is 188 g/mol. The number of aliphatic hydroxyl groups is 1. The van der Waals surface area contributed by atoms with Crippen molar-refractivity contribution in [3.05, 3.63) is 35.4 Å². The van der Waals surface area contributed by atoms with E-state index in [2.05, 4.69) is 6.07 Å². The molecule has 1 unspecified atom stereocenters. The molecular formula is C13H18O2. The molecule has 2 rings (SSSR count). The second kappa shape index (κ2) is 3.95. The quantitative estimate of drug-likeness (QED) is 0.822. The predicted molar refractivity (Wildman–Crippen MR) is 59.7 cm³/mol. The maximum absolute atomic E-state index is 10.5. The van der Waals surface area contributed by atoms with Gasteiger partial charge in [0.15, 0.2) is 0 Å². The van der Waals surface area contributed by atoms with Gasteiger partial charge in [0, 0.05) is 0 Å². The topological polar surface area (TPSA) is 29.5 Å². The van der Waals surface area contributed by atoms with Gasteiger partial charge in [0.25, 0.3) is 0 Å². The molecule has 15 heavy (non-hydrogen) atoms. The molecule has 1 aromatic carbocycles. The lowest BCUT2D eigenvalue weighted by atomic mass is 9.97. The average Bonchev–Trinajstić information content (AvgIpc) is 2.56. The molecule has 0 saturated heterocycles. The molecule has 1 N–H and O–H groups in total. The minimum absolute atomic E-state index is 0.168. The van der Waals surface area contributed by atoms with Crippen LogP contribution in [0.2, 0.25) is 0 Å². The third kappa shape index (κ3) is 2.06. The first-order chi connectivity index (χ1) is 7.12. The number of benzene rings is 1. The first-order valence-corrected chi connectivity index (χ1v) is 5.54. The van der Waals surface area contributed by atoms with Crippen LogP contribution in [0.1, 0.15) is 31.4 Å². The van der Waals surface area contributed by atoms with Gasteiger partial charge in [-0.2, -0.15) is 0 Å². The van der Waals surface area contributed by atoms with Gasteiger partial charge in [-0.3, -0.25) is 0 Å². The first kappa shape index (κ1) is 10.7. The number of ether oxygens (including phenoxy) is 1. The molecule has 0 fully saturated rings. The van der Waals surface area contributed by atoms with E-state index in [-0.39, 0.29) is 6.10 Å². The summed E-state index contributed by atoms with van der Waals surface area (Å²) in [5.41, 5.74) is 1.54. The van der Waals surface area contributed by atoms with Crippen LogP contribution in [0.25, 0.3) is 0 Å². The Morgan fingerprint density at radius 3 is 2.87 bits per heavy atom. The van der Waals surface area contributed by atoms with Crippen LogP contribution in [0.5, 0.6) is 0 Å². The predicted octanol–water partition coefficient (Wildman–Crippen LogP) is 2.25. The molecule has 1 atom stereocenters. The fourth-order valence-electron chi connectivity index (χ4n) is 2.12. The molecule has 0 radical (unpaired) electrons. The lowest BCUT2D eigenvalue weighted by Gasteiger charge is -2.25. The van der Waals surface area contributed by atoms with Gasteiger partial charge in [0.2, 0.25) is 0 Å². The maximum Gasteiger partial charge on any atom is 0.113 e. The van der Waals surface area contributed by atoms with E-state index in [9.17, 15) is 5.11 Å². The highest BCUT2D eigenvalue weighted by Gasteiger charge is 2.36. The Kier molecular flexibility index (Phi) is 2.81. The van der Waals surface area contributed by atoms with E-state index in [1.165, 1.54) is 5.56 Å². The highest BCUT2D eigenvalue weighted by molar-refractivity contribution is 5.37. The molecule has 0 aromatic heterocycles. The molecule has 0 amide bonds. The molecule has 0 heterocycles. The molecule has 82 valence electrons. The average molecular weight is 206 g/mol. The summed E-state index contributed by atoms with van der Waals surface area (Å²) in [5.74, 6) is 0. The van der Waals surface area contributed by atoms with Gasteiger partial charge >= 0.3 is 0 Å². The summed E-state index contributed by atoms with van der Waals surface area (Å²) in [6.45, 7) is 4.39. The summed E-state index contributed by atoms with van der Waals surface area (Å²) in [7, 11) is 0. The van der Waals surface area contributed by atoms with Gasteiger partial charge in [-0.1, -0.05) is 24.3 Å². The van der Waals surface area contributed by atoms with Crippen molar-refractivity contribution in [3.63, 3.8) is 0 Å². The Hall–Kier alpha value is -0.860. The van der Waals surface area contributed by atoms with Crippen LogP contribution in [0.4, 0.5) is 0 Å². The van der Waals surface area contributed by atoms with Crippen LogP contribution in [0.15, 0.2) is 24.3 Å². The monoisotopic (exact) mass is 206 g/mol. The first-order valence-electron chi connectivity index (χ1n) is 5.54. The summed E-state index contributed by atoms with van der Waals surface area (Å²) < 4.78 is 5.54. The highest BCUT2D eigenvalue weighted by atomic mass is 16.5. The second-order valence-electron chi connectivity index (χ2n) is 4.55. The standard InChI is InChI=1S/C13H18O2/c1-10(2)15-9-13(14)8-7-11-5-3-4-6-12(11)13/h3-6,10,14H,7-9H2,1-2H3. The molecule has 0 spiro atoms. The van der Waals surface area contributed by atoms with Crippen LogP contribution in [-0.2, 0) is 16.8 Å². The van der Waals surface area contributed by atoms with E-state index in [1.54, 1.807) is 0 Å². The Bertz CT molecular complexity index is 346. The van der Waals surface area contributed by atoms with Crippen molar-refractivity contribution >= 4 is 0 Å². The number of hydrogen-bond donors (Lipinski definition) is 1. The van der Waals surface area contributed by atoms with E-state index >= 15 is 0 Å². The van der Waals surface area contributed by atoms with Crippen molar-refractivity contribution in [3.8, 4) is 0 Å². The zero-order chi connectivity index (χ0) is 10.9. The summed E-state index contributed by atoms with van der Waals surface area (Å²) in [6.07, 6.45) is 1.90. The van der Waals surface area contributed by atoms with Crippen molar-refractivity contribution in [1.29, 1.82) is 0 Å². The molecule has 1 aromatic rings. The van der Waals surface area contributed by atoms with Gasteiger partial charge < -0.3 is 9.84 Å². The lowest BCUT2D eigenvalue weighted by Crippen LogP contribution is -2.30. The van der Waals surface area contributed by atoms with Gasteiger partial charge in [0.1, 0.15) is 5.60 Å². The smallest absolute Gasteiger partial charge is 0.113 e. The van der Waals surface area contributed by atoms with E-state index in [0.717, 1.165) is 18.4 Å². The van der Waals surface area contributed by atoms with E-state index < -0.39 is 5.60 Å². The van der Waals surface area contributed by atoms with Gasteiger partial charge in [-0.15, -0.1) is 0 Å². The summed E-state index contributed by atoms with van der Waals surface area (Å²) >= 11 is 0. The number of aryl methyl sites for hydroxylation is 1. The lowest BCUT2D eigenvalue weighted by molar-refractivity contribution is -0.0677. The van der Waals surface area contributed by atoms with Crippen molar-refractivity contribution in [1.82, 2.24) is 0 Å². The van der Waals surface area contributed by atoms with Crippen LogP contribution in [0.3, 0.4) is 0 Å². The molecule has 0 aliphatic heterocycles.